The molecule has 0 saturated carbocycles. The quantitative estimate of drug-likeness (QED) is 0.123. The Morgan fingerprint density at radius 1 is 0.367 bits per heavy atom. The minimum absolute atomic E-state index is 0.225. The molecule has 5 heteroatoms. The van der Waals surface area contributed by atoms with E-state index < -0.39 is 0 Å². The van der Waals surface area contributed by atoms with Crippen molar-refractivity contribution in [3.8, 4) is 78.9 Å². The Morgan fingerprint density at radius 3 is 1.47 bits per heavy atom. The molecule has 5 nitrogen and oxygen atoms in total. The van der Waals surface area contributed by atoms with Crippen LogP contribution in [0.5, 0.6) is 0 Å². The zero-order valence-corrected chi connectivity index (χ0v) is 44.1. The molecule has 0 aliphatic heterocycles. The zero-order valence-electron chi connectivity index (χ0n) is 44.1. The first-order valence-corrected chi connectivity index (χ1v) is 27.4. The lowest BCUT2D eigenvalue weighted by Gasteiger charge is -2.22. The van der Waals surface area contributed by atoms with Crippen LogP contribution in [0, 0.1) is 6.92 Å². The molecule has 3 heterocycles. The second-order valence-corrected chi connectivity index (χ2v) is 20.6. The first kappa shape index (κ1) is 47.5. The summed E-state index contributed by atoms with van der Waals surface area (Å²) in [5.41, 5.74) is 20.7. The first-order valence-electron chi connectivity index (χ1n) is 27.4. The van der Waals surface area contributed by atoms with Crippen LogP contribution in [0.2, 0.25) is 0 Å². The van der Waals surface area contributed by atoms with Gasteiger partial charge in [0.25, 0.3) is 0 Å². The van der Waals surface area contributed by atoms with Crippen LogP contribution >= 0.6 is 0 Å². The maximum atomic E-state index is 5.55. The van der Waals surface area contributed by atoms with Gasteiger partial charge in [0.05, 0.1) is 27.8 Å². The third kappa shape index (κ3) is 8.48. The SMILES string of the molecule is CCC(Cc1cc2c3ccccc3n(-c3nc(-c4ccccc4)nc(-c4ccc(-c5ccc(-c6ccccc6)cc5)cc4)n3)c2c2c1c1ccccc1n2-c1ccccc1-c1ccccc1)c1ccccc1-c1ccccc1C. The Hall–Kier alpha value is -9.97. The van der Waals surface area contributed by atoms with Gasteiger partial charge in [-0.1, -0.05) is 250 Å². The van der Waals surface area contributed by atoms with E-state index in [1.807, 2.05) is 18.2 Å². The minimum atomic E-state index is 0.225. The normalized spacial score (nSPS) is 12.0. The minimum Gasteiger partial charge on any atom is -0.307 e. The van der Waals surface area contributed by atoms with E-state index in [9.17, 15) is 0 Å². The van der Waals surface area contributed by atoms with Gasteiger partial charge in [-0.25, -0.2) is 4.98 Å². The fraction of sp³-hybridized carbons (Fsp3) is 0.0676. The van der Waals surface area contributed by atoms with Crippen molar-refractivity contribution in [3.63, 3.8) is 0 Å². The van der Waals surface area contributed by atoms with Crippen LogP contribution in [0.25, 0.3) is 123 Å². The Kier molecular flexibility index (Phi) is 12.1. The van der Waals surface area contributed by atoms with E-state index in [1.54, 1.807) is 0 Å². The van der Waals surface area contributed by atoms with E-state index in [0.717, 1.165) is 84.7 Å². The number of rotatable bonds is 12. The summed E-state index contributed by atoms with van der Waals surface area (Å²) in [6.45, 7) is 4.57. The summed E-state index contributed by atoms with van der Waals surface area (Å²) in [6.07, 6.45) is 1.80. The third-order valence-electron chi connectivity index (χ3n) is 16.0. The Balaban J connectivity index is 1.03. The molecule has 0 bridgehead atoms. The van der Waals surface area contributed by atoms with Gasteiger partial charge < -0.3 is 4.57 Å². The van der Waals surface area contributed by atoms with Gasteiger partial charge in [-0.3, -0.25) is 4.57 Å². The molecule has 1 unspecified atom stereocenters. The van der Waals surface area contributed by atoms with E-state index in [-0.39, 0.29) is 5.92 Å². The van der Waals surface area contributed by atoms with Crippen LogP contribution in [-0.4, -0.2) is 24.1 Å². The highest BCUT2D eigenvalue weighted by Crippen LogP contribution is 2.47. The summed E-state index contributed by atoms with van der Waals surface area (Å²) in [6, 6.07) is 96.0. The number of benzene rings is 11. The molecule has 0 radical (unpaired) electrons. The van der Waals surface area contributed by atoms with Crippen molar-refractivity contribution in [1.82, 2.24) is 24.1 Å². The standard InChI is InChI=1S/C74H55N5/c1-3-50(60-31-15-16-33-62(60)59-30-14-13-23-49(59)2)47-58-48-65-63-34-18-21-37-67(63)79(70(65)71-69(58)64-35-19-22-38-68(64)78(71)66-36-20-17-32-61(66)55-26-9-5-10-27-55)74-76-72(56-28-11-6-12-29-56)75-73(77-74)57-45-43-54(44-46-57)53-41-39-52(40-42-53)51-24-7-4-8-25-51/h4-46,48,50H,3,47H2,1-2H3. The molecule has 0 aliphatic rings. The molecule has 0 saturated heterocycles. The van der Waals surface area contributed by atoms with Crippen molar-refractivity contribution in [2.75, 3.05) is 0 Å². The Labute approximate surface area is 460 Å². The van der Waals surface area contributed by atoms with Crippen LogP contribution < -0.4 is 0 Å². The summed E-state index contributed by atoms with van der Waals surface area (Å²) in [7, 11) is 0. The van der Waals surface area contributed by atoms with Crippen LogP contribution in [0.15, 0.2) is 267 Å². The van der Waals surface area contributed by atoms with Gasteiger partial charge in [-0.2, -0.15) is 9.97 Å². The van der Waals surface area contributed by atoms with E-state index in [1.165, 1.54) is 49.7 Å². The lowest BCUT2D eigenvalue weighted by molar-refractivity contribution is 0.665. The van der Waals surface area contributed by atoms with Gasteiger partial charge in [0.1, 0.15) is 0 Å². The second-order valence-electron chi connectivity index (χ2n) is 20.6. The van der Waals surface area contributed by atoms with Gasteiger partial charge in [0, 0.05) is 38.2 Å². The molecular weight excluding hydrogens is 959 g/mol. The second kappa shape index (κ2) is 20.2. The summed E-state index contributed by atoms with van der Waals surface area (Å²) in [5, 5.41) is 4.71. The smallest absolute Gasteiger partial charge is 0.238 e. The maximum absolute atomic E-state index is 5.55. The fourth-order valence-corrected chi connectivity index (χ4v) is 12.2. The van der Waals surface area contributed by atoms with Crippen molar-refractivity contribution in [2.24, 2.45) is 0 Å². The van der Waals surface area contributed by atoms with Gasteiger partial charge in [-0.15, -0.1) is 0 Å². The lowest BCUT2D eigenvalue weighted by atomic mass is 9.83. The highest BCUT2D eigenvalue weighted by Gasteiger charge is 2.28. The van der Waals surface area contributed by atoms with Crippen molar-refractivity contribution in [2.45, 2.75) is 32.6 Å². The fourth-order valence-electron chi connectivity index (χ4n) is 12.2. The molecule has 14 aromatic rings. The largest absolute Gasteiger partial charge is 0.307 e. The number of hydrogen-bond acceptors (Lipinski definition) is 3. The van der Waals surface area contributed by atoms with Crippen molar-refractivity contribution in [3.05, 3.63) is 284 Å². The first-order chi connectivity index (χ1) is 39.1. The number of fused-ring (bicyclic) bond motifs is 7. The summed E-state index contributed by atoms with van der Waals surface area (Å²) in [5.74, 6) is 1.98. The van der Waals surface area contributed by atoms with Gasteiger partial charge in [0.15, 0.2) is 11.6 Å². The van der Waals surface area contributed by atoms with E-state index in [4.69, 9.17) is 15.0 Å². The molecule has 0 spiro atoms. The van der Waals surface area contributed by atoms with Crippen molar-refractivity contribution in [1.29, 1.82) is 0 Å². The van der Waals surface area contributed by atoms with Crippen LogP contribution in [0.3, 0.4) is 0 Å². The average molecular weight is 1010 g/mol. The Bertz CT molecular complexity index is 4540. The summed E-state index contributed by atoms with van der Waals surface area (Å²) in [4.78, 5) is 16.3. The van der Waals surface area contributed by atoms with E-state index in [2.05, 4.69) is 272 Å². The molecule has 14 rings (SSSR count). The topological polar surface area (TPSA) is 48.5 Å². The van der Waals surface area contributed by atoms with Gasteiger partial charge in [-0.05, 0) is 106 Å². The molecule has 0 amide bonds. The summed E-state index contributed by atoms with van der Waals surface area (Å²) >= 11 is 0. The molecule has 11 aromatic carbocycles. The van der Waals surface area contributed by atoms with Crippen LogP contribution in [0.4, 0.5) is 0 Å². The van der Waals surface area contributed by atoms with Crippen molar-refractivity contribution < 1.29 is 0 Å². The number of aryl methyl sites for hydroxylation is 1. The van der Waals surface area contributed by atoms with Gasteiger partial charge >= 0.3 is 0 Å². The molecule has 79 heavy (non-hydrogen) atoms. The van der Waals surface area contributed by atoms with Crippen LogP contribution in [-0.2, 0) is 6.42 Å². The molecule has 0 fully saturated rings. The van der Waals surface area contributed by atoms with E-state index in [0.29, 0.717) is 17.6 Å². The predicted molar refractivity (Wildman–Crippen MR) is 329 cm³/mol. The number of para-hydroxylation sites is 3. The molecule has 3 aromatic heterocycles. The van der Waals surface area contributed by atoms with Gasteiger partial charge in [0.2, 0.25) is 5.95 Å². The predicted octanol–water partition coefficient (Wildman–Crippen LogP) is 19.1. The monoisotopic (exact) mass is 1010 g/mol. The number of aromatic nitrogens is 5. The maximum Gasteiger partial charge on any atom is 0.238 e. The zero-order chi connectivity index (χ0) is 52.8. The highest BCUT2D eigenvalue weighted by atomic mass is 15.2. The molecule has 376 valence electrons. The summed E-state index contributed by atoms with van der Waals surface area (Å²) < 4.78 is 4.85. The molecule has 0 aliphatic carbocycles. The lowest BCUT2D eigenvalue weighted by Crippen LogP contribution is -2.08. The average Bonchev–Trinajstić information content (AvgIpc) is 3.37. The number of nitrogens with zero attached hydrogens (tertiary/aromatic N) is 5. The molecular formula is C74H55N5. The molecule has 1 atom stereocenters. The number of hydrogen-bond donors (Lipinski definition) is 0. The highest BCUT2D eigenvalue weighted by molar-refractivity contribution is 6.25. The molecule has 0 N–H and O–H groups in total. The third-order valence-corrected chi connectivity index (χ3v) is 16.0. The van der Waals surface area contributed by atoms with E-state index >= 15 is 0 Å². The van der Waals surface area contributed by atoms with Crippen LogP contribution in [0.1, 0.15) is 36.0 Å². The Morgan fingerprint density at radius 2 is 0.835 bits per heavy atom. The van der Waals surface area contributed by atoms with Crippen molar-refractivity contribution >= 4 is 43.6 Å².